The predicted octanol–water partition coefficient (Wildman–Crippen LogP) is 3.81. The fourth-order valence-electron chi connectivity index (χ4n) is 2.15. The number of aromatic hydroxyl groups is 3. The first-order chi connectivity index (χ1) is 9.15. The molecule has 0 radical (unpaired) electrons. The minimum Gasteiger partial charge on any atom is -0.504 e. The van der Waals surface area contributed by atoms with Gasteiger partial charge in [0.15, 0.2) is 11.5 Å². The largest absolute Gasteiger partial charge is 0.504 e. The number of rotatable bonds is 4. The lowest BCUT2D eigenvalue weighted by molar-refractivity contribution is 0.369. The van der Waals surface area contributed by atoms with E-state index in [9.17, 15) is 15.3 Å². The van der Waals surface area contributed by atoms with E-state index in [4.69, 9.17) is 0 Å². The molecule has 0 aromatic heterocycles. The zero-order chi connectivity index (χ0) is 13.8. The van der Waals surface area contributed by atoms with E-state index in [2.05, 4.69) is 6.92 Å². The van der Waals surface area contributed by atoms with Crippen LogP contribution in [0.1, 0.15) is 25.3 Å². The second-order valence-electron chi connectivity index (χ2n) is 4.59. The zero-order valence-corrected chi connectivity index (χ0v) is 10.9. The molecule has 0 bridgehead atoms. The Hall–Kier alpha value is -2.16. The Kier molecular flexibility index (Phi) is 3.95. The third kappa shape index (κ3) is 2.65. The molecule has 0 heterocycles. The Morgan fingerprint density at radius 1 is 0.842 bits per heavy atom. The molecular weight excluding hydrogens is 240 g/mol. The highest BCUT2D eigenvalue weighted by molar-refractivity contribution is 5.77. The molecule has 0 unspecified atom stereocenters. The highest BCUT2D eigenvalue weighted by Gasteiger charge is 2.14. The van der Waals surface area contributed by atoms with Crippen molar-refractivity contribution in [3.8, 4) is 28.4 Å². The van der Waals surface area contributed by atoms with Crippen LogP contribution < -0.4 is 0 Å². The fourth-order valence-corrected chi connectivity index (χ4v) is 2.15. The van der Waals surface area contributed by atoms with Gasteiger partial charge in [0.25, 0.3) is 0 Å². The average molecular weight is 258 g/mol. The quantitative estimate of drug-likeness (QED) is 0.731. The van der Waals surface area contributed by atoms with Crippen molar-refractivity contribution in [2.45, 2.75) is 26.2 Å². The minimum absolute atomic E-state index is 0.274. The van der Waals surface area contributed by atoms with E-state index in [1.54, 1.807) is 6.07 Å². The number of hydrogen-bond acceptors (Lipinski definition) is 3. The maximum Gasteiger partial charge on any atom is 0.200 e. The smallest absolute Gasteiger partial charge is 0.200 e. The molecule has 0 amide bonds. The normalized spacial score (nSPS) is 10.6. The van der Waals surface area contributed by atoms with Gasteiger partial charge in [-0.2, -0.15) is 0 Å². The number of unbranched alkanes of at least 4 members (excludes halogenated alkanes) is 1. The Balaban J connectivity index is 2.50. The van der Waals surface area contributed by atoms with E-state index in [0.717, 1.165) is 30.4 Å². The van der Waals surface area contributed by atoms with Gasteiger partial charge in [-0.3, -0.25) is 0 Å². The van der Waals surface area contributed by atoms with Gasteiger partial charge in [0.2, 0.25) is 5.75 Å². The van der Waals surface area contributed by atoms with Gasteiger partial charge in [-0.1, -0.05) is 37.6 Å². The number of benzene rings is 2. The monoisotopic (exact) mass is 258 g/mol. The molecule has 19 heavy (non-hydrogen) atoms. The summed E-state index contributed by atoms with van der Waals surface area (Å²) in [6, 6.07) is 10.8. The predicted molar refractivity (Wildman–Crippen MR) is 75.5 cm³/mol. The third-order valence-electron chi connectivity index (χ3n) is 3.24. The lowest BCUT2D eigenvalue weighted by Gasteiger charge is -2.12. The molecule has 0 saturated heterocycles. The van der Waals surface area contributed by atoms with E-state index in [0.29, 0.717) is 5.56 Å². The highest BCUT2D eigenvalue weighted by atomic mass is 16.3. The van der Waals surface area contributed by atoms with Gasteiger partial charge in [0.1, 0.15) is 0 Å². The van der Waals surface area contributed by atoms with Crippen molar-refractivity contribution in [1.29, 1.82) is 0 Å². The molecule has 3 nitrogen and oxygen atoms in total. The third-order valence-corrected chi connectivity index (χ3v) is 3.24. The second-order valence-corrected chi connectivity index (χ2v) is 4.59. The molecule has 100 valence electrons. The van der Waals surface area contributed by atoms with Crippen LogP contribution in [0.5, 0.6) is 17.2 Å². The van der Waals surface area contributed by atoms with Crippen LogP contribution >= 0.6 is 0 Å². The Morgan fingerprint density at radius 3 is 2.32 bits per heavy atom. The van der Waals surface area contributed by atoms with Gasteiger partial charge in [-0.05, 0) is 36.1 Å². The lowest BCUT2D eigenvalue weighted by Crippen LogP contribution is -1.90. The molecule has 0 atom stereocenters. The average Bonchev–Trinajstić information content (AvgIpc) is 2.43. The summed E-state index contributed by atoms with van der Waals surface area (Å²) in [5.74, 6) is -1.06. The van der Waals surface area contributed by atoms with Gasteiger partial charge < -0.3 is 15.3 Å². The van der Waals surface area contributed by atoms with Crippen LogP contribution in [0.2, 0.25) is 0 Å². The number of phenols is 3. The standard InChI is InChI=1S/C16H18O3/c1-2-3-6-11-7-4-5-8-12(11)13-9-10-14(17)16(19)15(13)18/h4-5,7-10,17-19H,2-3,6H2,1H3. The molecule has 3 heteroatoms. The first kappa shape index (κ1) is 13.3. The number of hydrogen-bond donors (Lipinski definition) is 3. The summed E-state index contributed by atoms with van der Waals surface area (Å²) in [7, 11) is 0. The van der Waals surface area contributed by atoms with Crippen molar-refractivity contribution in [3.05, 3.63) is 42.0 Å². The summed E-state index contributed by atoms with van der Waals surface area (Å²) >= 11 is 0. The molecule has 3 N–H and O–H groups in total. The molecule has 0 saturated carbocycles. The molecular formula is C16H18O3. The van der Waals surface area contributed by atoms with Crippen LogP contribution in [-0.2, 0) is 6.42 Å². The van der Waals surface area contributed by atoms with Gasteiger partial charge >= 0.3 is 0 Å². The SMILES string of the molecule is CCCCc1ccccc1-c1ccc(O)c(O)c1O. The minimum atomic E-state index is -0.470. The fraction of sp³-hybridized carbons (Fsp3) is 0.250. The van der Waals surface area contributed by atoms with Crippen LogP contribution in [0.25, 0.3) is 11.1 Å². The van der Waals surface area contributed by atoms with Gasteiger partial charge in [-0.25, -0.2) is 0 Å². The first-order valence-electron chi connectivity index (χ1n) is 6.47. The van der Waals surface area contributed by atoms with E-state index < -0.39 is 5.75 Å². The van der Waals surface area contributed by atoms with Crippen LogP contribution in [0.3, 0.4) is 0 Å². The van der Waals surface area contributed by atoms with E-state index in [1.807, 2.05) is 24.3 Å². The van der Waals surface area contributed by atoms with Crippen molar-refractivity contribution in [1.82, 2.24) is 0 Å². The molecule has 0 aliphatic heterocycles. The summed E-state index contributed by atoms with van der Waals surface area (Å²) in [5.41, 5.74) is 2.57. The molecule has 0 spiro atoms. The Labute approximate surface area is 112 Å². The molecule has 0 fully saturated rings. The molecule has 0 aliphatic carbocycles. The number of aryl methyl sites for hydroxylation is 1. The highest BCUT2D eigenvalue weighted by Crippen LogP contribution is 2.43. The first-order valence-corrected chi connectivity index (χ1v) is 6.47. The van der Waals surface area contributed by atoms with E-state index in [1.165, 1.54) is 6.07 Å². The number of phenolic OH excluding ortho intramolecular Hbond substituents is 3. The van der Waals surface area contributed by atoms with Gasteiger partial charge in [0, 0.05) is 5.56 Å². The lowest BCUT2D eigenvalue weighted by atomic mass is 9.95. The van der Waals surface area contributed by atoms with Crippen LogP contribution in [-0.4, -0.2) is 15.3 Å². The summed E-state index contributed by atoms with van der Waals surface area (Å²) < 4.78 is 0. The Morgan fingerprint density at radius 2 is 1.58 bits per heavy atom. The molecule has 2 aromatic carbocycles. The maximum atomic E-state index is 9.97. The van der Waals surface area contributed by atoms with E-state index in [-0.39, 0.29) is 11.5 Å². The van der Waals surface area contributed by atoms with Crippen molar-refractivity contribution in [2.75, 3.05) is 0 Å². The van der Waals surface area contributed by atoms with Crippen molar-refractivity contribution < 1.29 is 15.3 Å². The van der Waals surface area contributed by atoms with Gasteiger partial charge in [-0.15, -0.1) is 0 Å². The Bertz CT molecular complexity index is 576. The maximum absolute atomic E-state index is 9.97. The molecule has 2 rings (SSSR count). The molecule has 0 aliphatic rings. The second kappa shape index (κ2) is 5.65. The summed E-state index contributed by atoms with van der Waals surface area (Å²) in [4.78, 5) is 0. The van der Waals surface area contributed by atoms with Crippen molar-refractivity contribution in [3.63, 3.8) is 0 Å². The van der Waals surface area contributed by atoms with E-state index >= 15 is 0 Å². The summed E-state index contributed by atoms with van der Waals surface area (Å²) in [6.45, 7) is 2.13. The van der Waals surface area contributed by atoms with Crippen LogP contribution in [0.15, 0.2) is 36.4 Å². The topological polar surface area (TPSA) is 60.7 Å². The summed E-state index contributed by atoms with van der Waals surface area (Å²) in [6.07, 6.45) is 3.09. The van der Waals surface area contributed by atoms with Crippen LogP contribution in [0.4, 0.5) is 0 Å². The van der Waals surface area contributed by atoms with Crippen LogP contribution in [0, 0.1) is 0 Å². The zero-order valence-electron chi connectivity index (χ0n) is 10.9. The molecule has 2 aromatic rings. The van der Waals surface area contributed by atoms with Crippen molar-refractivity contribution in [2.24, 2.45) is 0 Å². The van der Waals surface area contributed by atoms with Gasteiger partial charge in [0.05, 0.1) is 0 Å². The van der Waals surface area contributed by atoms with Crippen molar-refractivity contribution >= 4 is 0 Å². The summed E-state index contributed by atoms with van der Waals surface area (Å²) in [5, 5.41) is 29.0.